The highest BCUT2D eigenvalue weighted by Crippen LogP contribution is 2.46. The number of nitrogen functional groups attached to an aromatic ring is 1. The SMILES string of the molecule is Nc1cc(F)c(C(F)(F)F)c(-c2c(Cl)cc3c(N4CC5CCC(C(F)F)(C4)N5)nc(OCC45CCCN4CC(F)C5)nc3c2F)n1. The van der Waals surface area contributed by atoms with Gasteiger partial charge >= 0.3 is 12.2 Å². The van der Waals surface area contributed by atoms with E-state index in [-0.39, 0.29) is 56.3 Å². The topological polar surface area (TPSA) is 92.4 Å². The first-order valence-corrected chi connectivity index (χ1v) is 15.1. The Hall–Kier alpha value is -3.24. The van der Waals surface area contributed by atoms with Crippen molar-refractivity contribution in [1.29, 1.82) is 0 Å². The van der Waals surface area contributed by atoms with Gasteiger partial charge in [0.2, 0.25) is 0 Å². The highest BCUT2D eigenvalue weighted by Gasteiger charge is 2.52. The highest BCUT2D eigenvalue weighted by molar-refractivity contribution is 6.34. The Balaban J connectivity index is 1.39. The van der Waals surface area contributed by atoms with E-state index in [1.165, 1.54) is 4.90 Å². The molecule has 0 amide bonds. The van der Waals surface area contributed by atoms with E-state index in [0.717, 1.165) is 12.5 Å². The van der Waals surface area contributed by atoms with Crippen molar-refractivity contribution in [2.24, 2.45) is 0 Å². The van der Waals surface area contributed by atoms with Crippen LogP contribution in [0.5, 0.6) is 6.01 Å². The van der Waals surface area contributed by atoms with Crippen LogP contribution >= 0.6 is 11.6 Å². The molecule has 7 rings (SSSR count). The Bertz CT molecular complexity index is 1710. The number of piperazine rings is 1. The largest absolute Gasteiger partial charge is 0.461 e. The van der Waals surface area contributed by atoms with Gasteiger partial charge in [-0.2, -0.15) is 23.1 Å². The standard InChI is InChI=1S/C29H28ClF8N7O/c30-16-6-15-22(21(33)19(16)23-20(29(36,37)38)17(32)7-18(39)40-23)41-26(46-12-27-3-1-5-45(27)9-13(31)8-27)42-24(15)44-10-14-2-4-28(11-44,43-14)25(34)35/h6-7,13-14,25,43H,1-5,8-12H2,(H2,39,40). The van der Waals surface area contributed by atoms with Gasteiger partial charge in [0.05, 0.1) is 27.4 Å². The minimum atomic E-state index is -5.30. The minimum absolute atomic E-state index is 0.0240. The summed E-state index contributed by atoms with van der Waals surface area (Å²) in [6.45, 7) is 0.795. The lowest BCUT2D eigenvalue weighted by Crippen LogP contribution is -2.63. The number of benzene rings is 1. The molecule has 6 heterocycles. The second kappa shape index (κ2) is 10.9. The summed E-state index contributed by atoms with van der Waals surface area (Å²) in [5, 5.41) is 2.29. The zero-order chi connectivity index (χ0) is 32.8. The van der Waals surface area contributed by atoms with E-state index in [0.29, 0.717) is 25.5 Å². The molecular weight excluding hydrogens is 650 g/mol. The summed E-state index contributed by atoms with van der Waals surface area (Å²) >= 11 is 6.40. The van der Waals surface area contributed by atoms with Gasteiger partial charge in [-0.15, -0.1) is 0 Å². The summed E-state index contributed by atoms with van der Waals surface area (Å²) in [5.74, 6) is -3.86. The predicted octanol–water partition coefficient (Wildman–Crippen LogP) is 5.76. The lowest BCUT2D eigenvalue weighted by Gasteiger charge is -2.41. The summed E-state index contributed by atoms with van der Waals surface area (Å²) in [6, 6.07) is 0.715. The van der Waals surface area contributed by atoms with Gasteiger partial charge in [0, 0.05) is 43.5 Å². The molecule has 3 aromatic rings. The maximum atomic E-state index is 16.5. The van der Waals surface area contributed by atoms with Gasteiger partial charge in [0.15, 0.2) is 5.82 Å². The molecule has 3 N–H and O–H groups in total. The normalized spacial score (nSPS) is 28.1. The fraction of sp³-hybridized carbons (Fsp3) is 0.552. The lowest BCUT2D eigenvalue weighted by molar-refractivity contribution is -0.139. The average molecular weight is 678 g/mol. The number of nitrogens with one attached hydrogen (secondary N) is 1. The molecule has 2 bridgehead atoms. The van der Waals surface area contributed by atoms with Crippen molar-refractivity contribution in [1.82, 2.24) is 25.2 Å². The van der Waals surface area contributed by atoms with Gasteiger partial charge in [-0.1, -0.05) is 11.6 Å². The first kappa shape index (κ1) is 31.4. The molecule has 4 unspecified atom stereocenters. The molecule has 0 saturated carbocycles. The minimum Gasteiger partial charge on any atom is -0.461 e. The Kier molecular flexibility index (Phi) is 7.44. The van der Waals surface area contributed by atoms with Gasteiger partial charge in [-0.25, -0.2) is 26.9 Å². The molecule has 46 heavy (non-hydrogen) atoms. The lowest BCUT2D eigenvalue weighted by atomic mass is 9.95. The van der Waals surface area contributed by atoms with Crippen LogP contribution in [-0.2, 0) is 6.18 Å². The first-order valence-electron chi connectivity index (χ1n) is 14.8. The van der Waals surface area contributed by atoms with Gasteiger partial charge in [-0.3, -0.25) is 4.90 Å². The Morgan fingerprint density at radius 3 is 2.65 bits per heavy atom. The molecule has 2 aromatic heterocycles. The van der Waals surface area contributed by atoms with Gasteiger partial charge in [0.1, 0.15) is 41.3 Å². The third kappa shape index (κ3) is 5.07. The number of fused-ring (bicyclic) bond motifs is 4. The molecule has 0 spiro atoms. The number of aromatic nitrogens is 3. The second-order valence-electron chi connectivity index (χ2n) is 12.6. The summed E-state index contributed by atoms with van der Waals surface area (Å²) in [7, 11) is 0. The quantitative estimate of drug-likeness (QED) is 0.319. The van der Waals surface area contributed by atoms with Crippen molar-refractivity contribution in [2.45, 2.75) is 68.0 Å². The number of alkyl halides is 6. The van der Waals surface area contributed by atoms with Crippen LogP contribution in [0, 0.1) is 11.6 Å². The van der Waals surface area contributed by atoms with Crippen LogP contribution in [0.1, 0.15) is 37.7 Å². The van der Waals surface area contributed by atoms with E-state index in [1.54, 1.807) is 0 Å². The van der Waals surface area contributed by atoms with E-state index in [1.807, 2.05) is 4.90 Å². The Morgan fingerprint density at radius 1 is 1.13 bits per heavy atom. The van der Waals surface area contributed by atoms with Crippen molar-refractivity contribution in [3.63, 3.8) is 0 Å². The molecular formula is C29H28ClF8N7O. The molecule has 4 saturated heterocycles. The van der Waals surface area contributed by atoms with Crippen LogP contribution in [0.4, 0.5) is 46.8 Å². The smallest absolute Gasteiger partial charge is 0.421 e. The zero-order valence-corrected chi connectivity index (χ0v) is 24.8. The maximum absolute atomic E-state index is 16.5. The van der Waals surface area contributed by atoms with Gasteiger partial charge in [-0.05, 0) is 38.3 Å². The molecule has 0 radical (unpaired) electrons. The number of rotatable bonds is 6. The van der Waals surface area contributed by atoms with Crippen molar-refractivity contribution in [2.75, 3.05) is 43.4 Å². The van der Waals surface area contributed by atoms with Crippen molar-refractivity contribution < 1.29 is 39.9 Å². The number of nitrogens with zero attached hydrogens (tertiary/aromatic N) is 5. The van der Waals surface area contributed by atoms with E-state index in [9.17, 15) is 30.7 Å². The van der Waals surface area contributed by atoms with E-state index < -0.39 is 80.7 Å². The van der Waals surface area contributed by atoms with Crippen LogP contribution in [0.3, 0.4) is 0 Å². The van der Waals surface area contributed by atoms with Crippen LogP contribution in [0.15, 0.2) is 12.1 Å². The molecule has 4 aliphatic rings. The number of hydrogen-bond donors (Lipinski definition) is 2. The molecule has 0 aliphatic carbocycles. The number of hydrogen-bond acceptors (Lipinski definition) is 8. The summed E-state index contributed by atoms with van der Waals surface area (Å²) in [5.41, 5.74) is -1.20. The summed E-state index contributed by atoms with van der Waals surface area (Å²) in [4.78, 5) is 15.8. The van der Waals surface area contributed by atoms with Crippen LogP contribution in [-0.4, -0.2) is 82.4 Å². The van der Waals surface area contributed by atoms with E-state index in [4.69, 9.17) is 22.1 Å². The molecule has 4 aliphatic heterocycles. The molecule has 17 heteroatoms. The summed E-state index contributed by atoms with van der Waals surface area (Å²) in [6.07, 6.45) is -6.87. The fourth-order valence-electron chi connectivity index (χ4n) is 7.63. The Labute approximate surface area is 262 Å². The second-order valence-corrected chi connectivity index (χ2v) is 13.0. The zero-order valence-electron chi connectivity index (χ0n) is 24.1. The molecule has 8 nitrogen and oxygen atoms in total. The van der Waals surface area contributed by atoms with Crippen molar-refractivity contribution in [3.8, 4) is 17.3 Å². The molecule has 248 valence electrons. The molecule has 4 atom stereocenters. The monoisotopic (exact) mass is 677 g/mol. The molecule has 4 fully saturated rings. The van der Waals surface area contributed by atoms with Crippen LogP contribution in [0.2, 0.25) is 5.02 Å². The maximum Gasteiger partial charge on any atom is 0.421 e. The van der Waals surface area contributed by atoms with Crippen LogP contribution < -0.4 is 20.7 Å². The summed E-state index contributed by atoms with van der Waals surface area (Å²) < 4.78 is 122. The van der Waals surface area contributed by atoms with Gasteiger partial charge < -0.3 is 20.7 Å². The van der Waals surface area contributed by atoms with Crippen molar-refractivity contribution in [3.05, 3.63) is 34.4 Å². The van der Waals surface area contributed by atoms with Crippen molar-refractivity contribution >= 4 is 34.1 Å². The number of nitrogens with two attached hydrogens (primary N) is 1. The third-order valence-electron chi connectivity index (χ3n) is 9.65. The number of pyridine rings is 1. The average Bonchev–Trinajstić information content (AvgIpc) is 3.60. The highest BCUT2D eigenvalue weighted by atomic mass is 35.5. The van der Waals surface area contributed by atoms with Gasteiger partial charge in [0.25, 0.3) is 6.43 Å². The predicted molar refractivity (Wildman–Crippen MR) is 153 cm³/mol. The third-order valence-corrected chi connectivity index (χ3v) is 9.94. The fourth-order valence-corrected chi connectivity index (χ4v) is 7.91. The van der Waals surface area contributed by atoms with E-state index >= 15 is 4.39 Å². The Morgan fingerprint density at radius 2 is 1.91 bits per heavy atom. The number of ether oxygens (including phenoxy) is 1. The first-order chi connectivity index (χ1) is 21.7. The van der Waals surface area contributed by atoms with Crippen LogP contribution in [0.25, 0.3) is 22.2 Å². The van der Waals surface area contributed by atoms with E-state index in [2.05, 4.69) is 20.3 Å². The molecule has 1 aromatic carbocycles. The number of anilines is 2. The number of halogens is 9.